The summed E-state index contributed by atoms with van der Waals surface area (Å²) in [5, 5.41) is 14.6. The highest BCUT2D eigenvalue weighted by Gasteiger charge is 2.12. The maximum atomic E-state index is 10.7. The van der Waals surface area contributed by atoms with Gasteiger partial charge in [0.05, 0.1) is 4.92 Å². The minimum atomic E-state index is -0.421. The van der Waals surface area contributed by atoms with E-state index in [0.717, 1.165) is 6.42 Å². The molecule has 0 spiro atoms. The van der Waals surface area contributed by atoms with Gasteiger partial charge in [0.1, 0.15) is 5.75 Å². The zero-order chi connectivity index (χ0) is 15.4. The minimum absolute atomic E-state index is 0.0689. The molecule has 0 N–H and O–H groups in total. The summed E-state index contributed by atoms with van der Waals surface area (Å²) in [5.74, 6) is 2.03. The normalized spacial score (nSPS) is 10.9. The molecule has 0 saturated heterocycles. The Kier molecular flexibility index (Phi) is 4.52. The molecule has 0 aliphatic carbocycles. The molecule has 0 atom stereocenters. The number of hydrogen-bond acceptors (Lipinski definition) is 6. The van der Waals surface area contributed by atoms with Gasteiger partial charge in [-0.2, -0.15) is 4.98 Å². The fourth-order valence-electron chi connectivity index (χ4n) is 1.86. The first-order chi connectivity index (χ1) is 9.95. The van der Waals surface area contributed by atoms with Gasteiger partial charge in [-0.25, -0.2) is 0 Å². The average molecular weight is 291 g/mol. The lowest BCUT2D eigenvalue weighted by Gasteiger charge is -2.04. The Bertz CT molecular complexity index is 637. The molecule has 1 heterocycles. The van der Waals surface area contributed by atoms with Crippen LogP contribution in [0.15, 0.2) is 22.7 Å². The van der Waals surface area contributed by atoms with Crippen LogP contribution >= 0.6 is 0 Å². The van der Waals surface area contributed by atoms with Crippen LogP contribution < -0.4 is 4.74 Å². The van der Waals surface area contributed by atoms with Crippen molar-refractivity contribution in [2.24, 2.45) is 5.92 Å². The van der Waals surface area contributed by atoms with Crippen molar-refractivity contribution < 1.29 is 14.2 Å². The zero-order valence-electron chi connectivity index (χ0n) is 12.2. The molecular weight excluding hydrogens is 274 g/mol. The Morgan fingerprint density at radius 1 is 1.43 bits per heavy atom. The summed E-state index contributed by atoms with van der Waals surface area (Å²) in [4.78, 5) is 14.5. The van der Waals surface area contributed by atoms with Crippen molar-refractivity contribution in [3.63, 3.8) is 0 Å². The van der Waals surface area contributed by atoms with E-state index in [0.29, 0.717) is 28.9 Å². The van der Waals surface area contributed by atoms with Gasteiger partial charge in [0.25, 0.3) is 11.6 Å². The van der Waals surface area contributed by atoms with Crippen LogP contribution in [0.4, 0.5) is 5.69 Å². The largest absolute Gasteiger partial charge is 0.484 e. The number of rotatable bonds is 6. The molecule has 0 unspecified atom stereocenters. The van der Waals surface area contributed by atoms with E-state index in [2.05, 4.69) is 24.0 Å². The summed E-state index contributed by atoms with van der Waals surface area (Å²) in [5.41, 5.74) is 0.614. The Balaban J connectivity index is 1.98. The number of aromatic nitrogens is 2. The third kappa shape index (κ3) is 4.01. The molecule has 0 bridgehead atoms. The number of hydrogen-bond donors (Lipinski definition) is 0. The summed E-state index contributed by atoms with van der Waals surface area (Å²) in [6, 6.07) is 4.59. The van der Waals surface area contributed by atoms with Gasteiger partial charge in [0.15, 0.2) is 12.4 Å². The standard InChI is InChI=1S/C14H17N3O4/c1-9(2)6-13-15-14(21-16-13)8-20-11-4-5-12(17(18)19)10(3)7-11/h4-5,7,9H,6,8H2,1-3H3. The van der Waals surface area contributed by atoms with Gasteiger partial charge in [-0.3, -0.25) is 10.1 Å². The SMILES string of the molecule is Cc1cc(OCc2nc(CC(C)C)no2)ccc1[N+](=O)[O-]. The monoisotopic (exact) mass is 291 g/mol. The van der Waals surface area contributed by atoms with Gasteiger partial charge in [-0.15, -0.1) is 0 Å². The molecule has 0 fully saturated rings. The van der Waals surface area contributed by atoms with Crippen molar-refractivity contribution in [3.05, 3.63) is 45.6 Å². The second-order valence-corrected chi connectivity index (χ2v) is 5.20. The van der Waals surface area contributed by atoms with E-state index in [-0.39, 0.29) is 12.3 Å². The van der Waals surface area contributed by atoms with E-state index in [4.69, 9.17) is 9.26 Å². The van der Waals surface area contributed by atoms with E-state index in [1.807, 2.05) is 0 Å². The number of aryl methyl sites for hydroxylation is 1. The molecule has 2 aromatic rings. The van der Waals surface area contributed by atoms with Crippen LogP contribution in [0.3, 0.4) is 0 Å². The van der Waals surface area contributed by atoms with E-state index in [9.17, 15) is 10.1 Å². The van der Waals surface area contributed by atoms with Gasteiger partial charge < -0.3 is 9.26 Å². The maximum Gasteiger partial charge on any atom is 0.272 e. The van der Waals surface area contributed by atoms with Crippen molar-refractivity contribution >= 4 is 5.69 Å². The van der Waals surface area contributed by atoms with E-state index < -0.39 is 4.92 Å². The lowest BCUT2D eigenvalue weighted by atomic mass is 10.1. The highest BCUT2D eigenvalue weighted by molar-refractivity contribution is 5.44. The maximum absolute atomic E-state index is 10.7. The molecule has 0 amide bonds. The van der Waals surface area contributed by atoms with E-state index in [1.165, 1.54) is 6.07 Å². The van der Waals surface area contributed by atoms with Crippen molar-refractivity contribution in [2.75, 3.05) is 0 Å². The highest BCUT2D eigenvalue weighted by atomic mass is 16.6. The van der Waals surface area contributed by atoms with Crippen molar-refractivity contribution in [3.8, 4) is 5.75 Å². The van der Waals surface area contributed by atoms with Crippen LogP contribution in [0.5, 0.6) is 5.75 Å². The number of nitro benzene ring substituents is 1. The molecule has 2 rings (SSSR count). The number of nitrogens with zero attached hydrogens (tertiary/aromatic N) is 3. The molecule has 1 aromatic carbocycles. The molecule has 0 saturated carbocycles. The van der Waals surface area contributed by atoms with Gasteiger partial charge in [0.2, 0.25) is 0 Å². The molecule has 1 aromatic heterocycles. The molecule has 112 valence electrons. The van der Waals surface area contributed by atoms with Crippen LogP contribution in [0.25, 0.3) is 0 Å². The van der Waals surface area contributed by atoms with Crippen LogP contribution in [0.1, 0.15) is 31.1 Å². The van der Waals surface area contributed by atoms with Crippen LogP contribution in [-0.4, -0.2) is 15.1 Å². The topological polar surface area (TPSA) is 91.3 Å². The van der Waals surface area contributed by atoms with Crippen molar-refractivity contribution in [1.29, 1.82) is 0 Å². The van der Waals surface area contributed by atoms with Crippen molar-refractivity contribution in [2.45, 2.75) is 33.8 Å². The Morgan fingerprint density at radius 2 is 2.19 bits per heavy atom. The smallest absolute Gasteiger partial charge is 0.272 e. The number of nitro groups is 1. The minimum Gasteiger partial charge on any atom is -0.484 e. The lowest BCUT2D eigenvalue weighted by molar-refractivity contribution is -0.385. The predicted octanol–water partition coefficient (Wildman–Crippen LogP) is 3.06. The third-order valence-corrected chi connectivity index (χ3v) is 2.83. The summed E-state index contributed by atoms with van der Waals surface area (Å²) >= 11 is 0. The van der Waals surface area contributed by atoms with E-state index in [1.54, 1.807) is 19.1 Å². The fourth-order valence-corrected chi connectivity index (χ4v) is 1.86. The second-order valence-electron chi connectivity index (χ2n) is 5.20. The average Bonchev–Trinajstić information content (AvgIpc) is 2.82. The summed E-state index contributed by atoms with van der Waals surface area (Å²) in [6.45, 7) is 5.96. The van der Waals surface area contributed by atoms with Gasteiger partial charge >= 0.3 is 0 Å². The molecule has 0 radical (unpaired) electrons. The number of benzene rings is 1. The Labute approximate surface area is 122 Å². The van der Waals surface area contributed by atoms with Crippen LogP contribution in [0.2, 0.25) is 0 Å². The summed E-state index contributed by atoms with van der Waals surface area (Å²) < 4.78 is 10.6. The van der Waals surface area contributed by atoms with Gasteiger partial charge in [-0.1, -0.05) is 19.0 Å². The quantitative estimate of drug-likeness (QED) is 0.600. The Morgan fingerprint density at radius 3 is 2.81 bits per heavy atom. The first-order valence-corrected chi connectivity index (χ1v) is 6.65. The second kappa shape index (κ2) is 6.34. The highest BCUT2D eigenvalue weighted by Crippen LogP contribution is 2.23. The van der Waals surface area contributed by atoms with Crippen LogP contribution in [-0.2, 0) is 13.0 Å². The first-order valence-electron chi connectivity index (χ1n) is 6.65. The first kappa shape index (κ1) is 15.0. The molecule has 0 aliphatic rings. The van der Waals surface area contributed by atoms with Gasteiger partial charge in [0, 0.05) is 18.1 Å². The zero-order valence-corrected chi connectivity index (χ0v) is 12.2. The fraction of sp³-hybridized carbons (Fsp3) is 0.429. The molecule has 21 heavy (non-hydrogen) atoms. The van der Waals surface area contributed by atoms with Crippen LogP contribution in [0, 0.1) is 23.0 Å². The molecular formula is C14H17N3O4. The molecule has 7 nitrogen and oxygen atoms in total. The van der Waals surface area contributed by atoms with Gasteiger partial charge in [-0.05, 0) is 25.0 Å². The van der Waals surface area contributed by atoms with E-state index >= 15 is 0 Å². The molecule has 0 aliphatic heterocycles. The summed E-state index contributed by atoms with van der Waals surface area (Å²) in [6.07, 6.45) is 0.750. The third-order valence-electron chi connectivity index (χ3n) is 2.83. The summed E-state index contributed by atoms with van der Waals surface area (Å²) in [7, 11) is 0. The predicted molar refractivity (Wildman–Crippen MR) is 75.0 cm³/mol. The van der Waals surface area contributed by atoms with Crippen molar-refractivity contribution in [1.82, 2.24) is 10.1 Å². The number of ether oxygens (including phenoxy) is 1. The lowest BCUT2D eigenvalue weighted by Crippen LogP contribution is -1.99. The Hall–Kier alpha value is -2.44. The molecule has 7 heteroatoms.